The summed E-state index contributed by atoms with van der Waals surface area (Å²) in [6, 6.07) is 4.22. The van der Waals surface area contributed by atoms with Crippen molar-refractivity contribution < 1.29 is 13.9 Å². The number of hydrogen-bond acceptors (Lipinski definition) is 3. The van der Waals surface area contributed by atoms with Crippen molar-refractivity contribution in [3.05, 3.63) is 24.0 Å². The smallest absolute Gasteiger partial charge is 0.240 e. The van der Waals surface area contributed by atoms with E-state index in [1.165, 1.54) is 24.3 Å². The van der Waals surface area contributed by atoms with E-state index < -0.39 is 5.82 Å². The summed E-state index contributed by atoms with van der Waals surface area (Å²) in [6.45, 7) is 0. The van der Waals surface area contributed by atoms with Gasteiger partial charge in [0.05, 0.1) is 11.8 Å². The van der Waals surface area contributed by atoms with Gasteiger partial charge >= 0.3 is 0 Å². The molecule has 3 nitrogen and oxygen atoms in total. The molecule has 0 heterocycles. The summed E-state index contributed by atoms with van der Waals surface area (Å²) >= 11 is 0. The van der Waals surface area contributed by atoms with E-state index in [-0.39, 0.29) is 17.5 Å². The lowest BCUT2D eigenvalue weighted by atomic mass is 10.2. The van der Waals surface area contributed by atoms with Gasteiger partial charge in [-0.15, -0.1) is 0 Å². The van der Waals surface area contributed by atoms with E-state index in [1.54, 1.807) is 0 Å². The maximum atomic E-state index is 13.5. The Hall–Kier alpha value is -1.67. The van der Waals surface area contributed by atoms with Crippen LogP contribution in [-0.2, 0) is 4.79 Å². The van der Waals surface area contributed by atoms with Crippen molar-refractivity contribution in [2.24, 2.45) is 4.99 Å². The summed E-state index contributed by atoms with van der Waals surface area (Å²) in [5, 5.41) is 0. The zero-order valence-electron chi connectivity index (χ0n) is 8.78. The Morgan fingerprint density at radius 1 is 1.38 bits per heavy atom. The van der Waals surface area contributed by atoms with Crippen LogP contribution in [0.4, 0.5) is 10.1 Å². The molecule has 1 saturated carbocycles. The van der Waals surface area contributed by atoms with Gasteiger partial charge in [0.2, 0.25) is 6.08 Å². The number of ether oxygens (including phenoxy) is 1. The molecule has 1 aliphatic rings. The fourth-order valence-electron chi connectivity index (χ4n) is 1.89. The van der Waals surface area contributed by atoms with E-state index in [4.69, 9.17) is 4.74 Å². The third kappa shape index (κ3) is 2.47. The highest BCUT2D eigenvalue weighted by atomic mass is 19.1. The molecule has 0 saturated heterocycles. The third-order valence-corrected chi connectivity index (χ3v) is 2.69. The maximum Gasteiger partial charge on any atom is 0.240 e. The first-order valence-corrected chi connectivity index (χ1v) is 5.33. The van der Waals surface area contributed by atoms with Crippen LogP contribution in [0.3, 0.4) is 0 Å². The number of carbonyl (C=O) groups excluding carboxylic acids is 1. The average molecular weight is 221 g/mol. The van der Waals surface area contributed by atoms with E-state index in [2.05, 4.69) is 4.99 Å². The van der Waals surface area contributed by atoms with Gasteiger partial charge in [0.25, 0.3) is 0 Å². The van der Waals surface area contributed by atoms with Gasteiger partial charge in [-0.2, -0.15) is 4.99 Å². The first-order valence-electron chi connectivity index (χ1n) is 5.33. The van der Waals surface area contributed by atoms with Crippen molar-refractivity contribution >= 4 is 11.8 Å². The van der Waals surface area contributed by atoms with Crippen molar-refractivity contribution in [2.45, 2.75) is 31.8 Å². The molecule has 0 amide bonds. The van der Waals surface area contributed by atoms with E-state index in [1.807, 2.05) is 0 Å². The number of isocyanates is 1. The second kappa shape index (κ2) is 4.90. The van der Waals surface area contributed by atoms with Crippen LogP contribution in [0, 0.1) is 5.82 Å². The van der Waals surface area contributed by atoms with Gasteiger partial charge in [-0.3, -0.25) is 0 Å². The van der Waals surface area contributed by atoms with Gasteiger partial charge in [-0.05, 0) is 37.8 Å². The Kier molecular flexibility index (Phi) is 3.32. The monoisotopic (exact) mass is 221 g/mol. The topological polar surface area (TPSA) is 38.7 Å². The number of halogens is 1. The summed E-state index contributed by atoms with van der Waals surface area (Å²) in [7, 11) is 0. The van der Waals surface area contributed by atoms with E-state index >= 15 is 0 Å². The van der Waals surface area contributed by atoms with Crippen molar-refractivity contribution in [3.63, 3.8) is 0 Å². The molecule has 2 rings (SSSR count). The number of nitrogens with zero attached hydrogens (tertiary/aromatic N) is 1. The van der Waals surface area contributed by atoms with Crippen LogP contribution >= 0.6 is 0 Å². The predicted molar refractivity (Wildman–Crippen MR) is 57.1 cm³/mol. The molecule has 16 heavy (non-hydrogen) atoms. The zero-order chi connectivity index (χ0) is 11.4. The minimum atomic E-state index is -0.483. The molecule has 4 heteroatoms. The zero-order valence-corrected chi connectivity index (χ0v) is 8.78. The van der Waals surface area contributed by atoms with Crippen LogP contribution in [0.15, 0.2) is 23.2 Å². The molecule has 1 aromatic rings. The Bertz CT molecular complexity index is 421. The molecule has 0 bridgehead atoms. The SMILES string of the molecule is O=C=Nc1ccc(OC2CCCC2)c(F)c1. The first kappa shape index (κ1) is 10.8. The molecule has 0 N–H and O–H groups in total. The van der Waals surface area contributed by atoms with Crippen LogP contribution in [0.5, 0.6) is 5.75 Å². The molecule has 0 spiro atoms. The fraction of sp³-hybridized carbons (Fsp3) is 0.417. The van der Waals surface area contributed by atoms with Gasteiger partial charge in [-0.25, -0.2) is 9.18 Å². The molecule has 84 valence electrons. The van der Waals surface area contributed by atoms with Gasteiger partial charge in [0.15, 0.2) is 11.6 Å². The molecule has 0 unspecified atom stereocenters. The first-order chi connectivity index (χ1) is 7.79. The van der Waals surface area contributed by atoms with E-state index in [0.717, 1.165) is 25.7 Å². The standard InChI is InChI=1S/C12H12FNO2/c13-11-7-9(14-8-15)5-6-12(11)16-10-3-1-2-4-10/h5-7,10H,1-4H2. The van der Waals surface area contributed by atoms with Crippen LogP contribution in [0.1, 0.15) is 25.7 Å². The summed E-state index contributed by atoms with van der Waals surface area (Å²) in [5.74, 6) is -0.250. The van der Waals surface area contributed by atoms with Crippen LogP contribution in [0.25, 0.3) is 0 Å². The predicted octanol–water partition coefficient (Wildman–Crippen LogP) is 3.11. The third-order valence-electron chi connectivity index (χ3n) is 2.69. The van der Waals surface area contributed by atoms with Gasteiger partial charge in [-0.1, -0.05) is 0 Å². The Balaban J connectivity index is 2.12. The second-order valence-corrected chi connectivity index (χ2v) is 3.84. The van der Waals surface area contributed by atoms with E-state index in [0.29, 0.717) is 0 Å². The lowest BCUT2D eigenvalue weighted by molar-refractivity contribution is 0.201. The van der Waals surface area contributed by atoms with Crippen molar-refractivity contribution in [1.82, 2.24) is 0 Å². The lowest BCUT2D eigenvalue weighted by Crippen LogP contribution is -2.11. The van der Waals surface area contributed by atoms with Gasteiger partial charge in [0, 0.05) is 6.07 Å². The largest absolute Gasteiger partial charge is 0.487 e. The quantitative estimate of drug-likeness (QED) is 0.581. The number of benzene rings is 1. The number of rotatable bonds is 3. The maximum absolute atomic E-state index is 13.5. The summed E-state index contributed by atoms with van der Waals surface area (Å²) in [6.07, 6.45) is 5.73. The lowest BCUT2D eigenvalue weighted by Gasteiger charge is -2.13. The minimum Gasteiger partial charge on any atom is -0.487 e. The second-order valence-electron chi connectivity index (χ2n) is 3.84. The van der Waals surface area contributed by atoms with Crippen molar-refractivity contribution in [3.8, 4) is 5.75 Å². The summed E-state index contributed by atoms with van der Waals surface area (Å²) < 4.78 is 19.0. The number of aliphatic imine (C=N–C) groups is 1. The van der Waals surface area contributed by atoms with Crippen LogP contribution in [0.2, 0.25) is 0 Å². The van der Waals surface area contributed by atoms with E-state index in [9.17, 15) is 9.18 Å². The van der Waals surface area contributed by atoms with Gasteiger partial charge < -0.3 is 4.74 Å². The van der Waals surface area contributed by atoms with Crippen molar-refractivity contribution in [1.29, 1.82) is 0 Å². The van der Waals surface area contributed by atoms with Crippen molar-refractivity contribution in [2.75, 3.05) is 0 Å². The Labute approximate surface area is 93.0 Å². The molecule has 0 aromatic heterocycles. The summed E-state index contributed by atoms with van der Waals surface area (Å²) in [4.78, 5) is 13.3. The van der Waals surface area contributed by atoms with Crippen LogP contribution < -0.4 is 4.74 Å². The Morgan fingerprint density at radius 2 is 2.12 bits per heavy atom. The summed E-state index contributed by atoms with van der Waals surface area (Å²) in [5.41, 5.74) is 0.256. The molecular formula is C12H12FNO2. The fourth-order valence-corrected chi connectivity index (χ4v) is 1.89. The molecule has 0 aliphatic heterocycles. The highest BCUT2D eigenvalue weighted by Crippen LogP contribution is 2.28. The molecule has 0 radical (unpaired) electrons. The molecule has 1 aromatic carbocycles. The van der Waals surface area contributed by atoms with Crippen LogP contribution in [-0.4, -0.2) is 12.2 Å². The minimum absolute atomic E-state index is 0.120. The molecule has 1 aliphatic carbocycles. The average Bonchev–Trinajstić information content (AvgIpc) is 2.75. The number of hydrogen-bond donors (Lipinski definition) is 0. The van der Waals surface area contributed by atoms with Gasteiger partial charge in [0.1, 0.15) is 0 Å². The molecule has 1 fully saturated rings. The molecule has 0 atom stereocenters. The highest BCUT2D eigenvalue weighted by molar-refractivity contribution is 5.50. The Morgan fingerprint density at radius 3 is 2.75 bits per heavy atom. The molecular weight excluding hydrogens is 209 g/mol. The highest BCUT2D eigenvalue weighted by Gasteiger charge is 2.18. The normalized spacial score (nSPS) is 15.8.